The molecular formula is C9H10BrN3OS. The predicted molar refractivity (Wildman–Crippen MR) is 64.8 cm³/mol. The summed E-state index contributed by atoms with van der Waals surface area (Å²) in [6, 6.07) is 3.55. The first-order valence-electron chi connectivity index (χ1n) is 4.50. The average Bonchev–Trinajstić information content (AvgIpc) is 2.74. The van der Waals surface area contributed by atoms with Gasteiger partial charge in [0.2, 0.25) is 5.91 Å². The summed E-state index contributed by atoms with van der Waals surface area (Å²) in [5, 5.41) is 5.88. The van der Waals surface area contributed by atoms with E-state index < -0.39 is 0 Å². The van der Waals surface area contributed by atoms with Crippen LogP contribution in [0, 0.1) is 0 Å². The molecule has 2 N–H and O–H groups in total. The van der Waals surface area contributed by atoms with Crippen LogP contribution in [0.2, 0.25) is 0 Å². The zero-order valence-electron chi connectivity index (χ0n) is 7.87. The van der Waals surface area contributed by atoms with E-state index in [4.69, 9.17) is 0 Å². The topological polar surface area (TPSA) is 54.0 Å². The van der Waals surface area contributed by atoms with E-state index in [-0.39, 0.29) is 11.9 Å². The monoisotopic (exact) mass is 287 g/mol. The van der Waals surface area contributed by atoms with Gasteiger partial charge in [0.1, 0.15) is 5.82 Å². The van der Waals surface area contributed by atoms with Crippen LogP contribution in [0.3, 0.4) is 0 Å². The Morgan fingerprint density at radius 1 is 1.73 bits per heavy atom. The molecule has 1 aromatic heterocycles. The first-order valence-corrected chi connectivity index (χ1v) is 6.44. The lowest BCUT2D eigenvalue weighted by molar-refractivity contribution is -0.117. The van der Waals surface area contributed by atoms with E-state index in [1.54, 1.807) is 18.0 Å². The molecule has 0 aliphatic carbocycles. The van der Waals surface area contributed by atoms with Crippen molar-refractivity contribution in [2.45, 2.75) is 6.04 Å². The van der Waals surface area contributed by atoms with Crippen molar-refractivity contribution >= 4 is 39.4 Å². The Labute approximate surface area is 100 Å². The number of carbonyl (C=O) groups is 1. The molecule has 1 fully saturated rings. The van der Waals surface area contributed by atoms with E-state index in [1.807, 2.05) is 12.1 Å². The summed E-state index contributed by atoms with van der Waals surface area (Å²) in [7, 11) is 0. The van der Waals surface area contributed by atoms with Crippen molar-refractivity contribution in [1.82, 2.24) is 10.3 Å². The third kappa shape index (κ3) is 2.70. The van der Waals surface area contributed by atoms with Crippen LogP contribution < -0.4 is 10.6 Å². The summed E-state index contributed by atoms with van der Waals surface area (Å²) < 4.78 is 0.795. The summed E-state index contributed by atoms with van der Waals surface area (Å²) in [6.45, 7) is 0. The van der Waals surface area contributed by atoms with Gasteiger partial charge in [-0.1, -0.05) is 0 Å². The fraction of sp³-hybridized carbons (Fsp3) is 0.333. The molecule has 0 saturated carbocycles. The quantitative estimate of drug-likeness (QED) is 0.865. The van der Waals surface area contributed by atoms with Gasteiger partial charge in [-0.05, 0) is 28.1 Å². The van der Waals surface area contributed by atoms with E-state index in [0.717, 1.165) is 16.1 Å². The van der Waals surface area contributed by atoms with Crippen LogP contribution in [0.5, 0.6) is 0 Å². The molecule has 0 aromatic carbocycles. The molecule has 0 bridgehead atoms. The number of nitrogens with one attached hydrogen (secondary N) is 2. The van der Waals surface area contributed by atoms with E-state index >= 15 is 0 Å². The van der Waals surface area contributed by atoms with Crippen LogP contribution in [0.4, 0.5) is 5.82 Å². The maximum absolute atomic E-state index is 11.7. The minimum Gasteiger partial charge on any atom is -0.308 e. The molecule has 1 aliphatic rings. The maximum atomic E-state index is 11.7. The number of aromatic nitrogens is 1. The van der Waals surface area contributed by atoms with Gasteiger partial charge in [0.25, 0.3) is 0 Å². The van der Waals surface area contributed by atoms with Crippen molar-refractivity contribution in [2.24, 2.45) is 0 Å². The van der Waals surface area contributed by atoms with Gasteiger partial charge in [-0.3, -0.25) is 10.1 Å². The molecule has 1 aromatic rings. The highest BCUT2D eigenvalue weighted by Crippen LogP contribution is 2.19. The lowest BCUT2D eigenvalue weighted by Gasteiger charge is -2.10. The van der Waals surface area contributed by atoms with Gasteiger partial charge in [-0.15, -0.1) is 11.8 Å². The second kappa shape index (κ2) is 4.96. The van der Waals surface area contributed by atoms with E-state index in [1.165, 1.54) is 0 Å². The molecule has 0 radical (unpaired) electrons. The smallest absolute Gasteiger partial charge is 0.243 e. The molecule has 2 rings (SSSR count). The maximum Gasteiger partial charge on any atom is 0.243 e. The van der Waals surface area contributed by atoms with Gasteiger partial charge in [0.05, 0.1) is 10.5 Å². The average molecular weight is 288 g/mol. The Morgan fingerprint density at radius 3 is 3.27 bits per heavy atom. The third-order valence-electron chi connectivity index (χ3n) is 2.03. The summed E-state index contributed by atoms with van der Waals surface area (Å²) >= 11 is 5.05. The van der Waals surface area contributed by atoms with Crippen molar-refractivity contribution in [3.05, 3.63) is 22.8 Å². The number of thioether (sulfide) groups is 1. The Balaban J connectivity index is 2.02. The molecule has 1 unspecified atom stereocenters. The van der Waals surface area contributed by atoms with E-state index in [2.05, 4.69) is 31.5 Å². The number of halogens is 1. The minimum atomic E-state index is -0.107. The second-order valence-electron chi connectivity index (χ2n) is 3.09. The van der Waals surface area contributed by atoms with Crippen LogP contribution >= 0.6 is 27.7 Å². The van der Waals surface area contributed by atoms with Crippen molar-refractivity contribution < 1.29 is 4.79 Å². The highest BCUT2D eigenvalue weighted by atomic mass is 79.9. The highest BCUT2D eigenvalue weighted by molar-refractivity contribution is 9.10. The van der Waals surface area contributed by atoms with Crippen LogP contribution in [0.15, 0.2) is 22.8 Å². The molecule has 6 heteroatoms. The number of carbonyl (C=O) groups excluding carboxylic acids is 1. The second-order valence-corrected chi connectivity index (χ2v) is 4.98. The van der Waals surface area contributed by atoms with Crippen LogP contribution in [-0.4, -0.2) is 28.6 Å². The van der Waals surface area contributed by atoms with Gasteiger partial charge in [0, 0.05) is 17.8 Å². The first-order chi connectivity index (χ1) is 7.27. The molecule has 1 atom stereocenters. The highest BCUT2D eigenvalue weighted by Gasteiger charge is 2.23. The summed E-state index contributed by atoms with van der Waals surface area (Å²) in [5.41, 5.74) is 0. The molecule has 2 heterocycles. The summed E-state index contributed by atoms with van der Waals surface area (Å²) in [4.78, 5) is 15.8. The van der Waals surface area contributed by atoms with Gasteiger partial charge >= 0.3 is 0 Å². The van der Waals surface area contributed by atoms with Crippen LogP contribution in [0.1, 0.15) is 0 Å². The Morgan fingerprint density at radius 2 is 2.60 bits per heavy atom. The van der Waals surface area contributed by atoms with Crippen molar-refractivity contribution in [1.29, 1.82) is 0 Å². The van der Waals surface area contributed by atoms with Gasteiger partial charge in [-0.25, -0.2) is 4.98 Å². The number of hydrogen-bond acceptors (Lipinski definition) is 4. The number of anilines is 1. The third-order valence-corrected chi connectivity index (χ3v) is 3.61. The molecule has 1 saturated heterocycles. The number of hydrogen-bond donors (Lipinski definition) is 2. The molecule has 0 spiro atoms. The van der Waals surface area contributed by atoms with Gasteiger partial charge in [0.15, 0.2) is 0 Å². The number of pyridine rings is 1. The predicted octanol–water partition coefficient (Wildman–Crippen LogP) is 1.45. The summed E-state index contributed by atoms with van der Waals surface area (Å²) in [5.74, 6) is 2.19. The van der Waals surface area contributed by atoms with Crippen LogP contribution in [-0.2, 0) is 4.79 Å². The number of nitrogens with zero attached hydrogens (tertiary/aromatic N) is 1. The number of rotatable bonds is 2. The minimum absolute atomic E-state index is 0.0283. The molecular weight excluding hydrogens is 278 g/mol. The van der Waals surface area contributed by atoms with Crippen LogP contribution in [0.25, 0.3) is 0 Å². The summed E-state index contributed by atoms with van der Waals surface area (Å²) in [6.07, 6.45) is 1.65. The largest absolute Gasteiger partial charge is 0.308 e. The Hall–Kier alpha value is -0.590. The lowest BCUT2D eigenvalue weighted by Crippen LogP contribution is -2.37. The fourth-order valence-electron chi connectivity index (χ4n) is 1.25. The zero-order valence-corrected chi connectivity index (χ0v) is 10.3. The molecule has 15 heavy (non-hydrogen) atoms. The zero-order chi connectivity index (χ0) is 10.7. The molecule has 4 nitrogen and oxygen atoms in total. The lowest BCUT2D eigenvalue weighted by atomic mass is 10.3. The van der Waals surface area contributed by atoms with E-state index in [9.17, 15) is 4.79 Å². The van der Waals surface area contributed by atoms with Crippen molar-refractivity contribution in [2.75, 3.05) is 16.9 Å². The van der Waals surface area contributed by atoms with Crippen molar-refractivity contribution in [3.63, 3.8) is 0 Å². The Kier molecular flexibility index (Phi) is 3.61. The van der Waals surface area contributed by atoms with Gasteiger partial charge in [-0.2, -0.15) is 0 Å². The molecule has 1 aliphatic heterocycles. The molecule has 80 valence electrons. The van der Waals surface area contributed by atoms with Crippen molar-refractivity contribution in [3.8, 4) is 0 Å². The molecule has 1 amide bonds. The number of amides is 1. The van der Waals surface area contributed by atoms with E-state index in [0.29, 0.717) is 5.82 Å². The fourth-order valence-corrected chi connectivity index (χ4v) is 2.54. The van der Waals surface area contributed by atoms with Gasteiger partial charge < -0.3 is 5.32 Å². The normalized spacial score (nSPS) is 20.2. The first kappa shape index (κ1) is 10.9. The SMILES string of the molecule is O=C(Nc1ncccc1Br)C1CSCN1. The standard InChI is InChI=1S/C9H10BrN3OS/c10-6-2-1-3-11-8(6)13-9(14)7-4-15-5-12-7/h1-3,7,12H,4-5H2,(H,11,13,14). The Bertz CT molecular complexity index is 368.